The first kappa shape index (κ1) is 13.8. The predicted octanol–water partition coefficient (Wildman–Crippen LogP) is 3.74. The fourth-order valence-corrected chi connectivity index (χ4v) is 2.07. The Hall–Kier alpha value is -0.250. The molecule has 1 aromatic rings. The summed E-state index contributed by atoms with van der Waals surface area (Å²) in [6.45, 7) is 0.502. The van der Waals surface area contributed by atoms with Crippen LogP contribution in [0.25, 0.3) is 0 Å². The van der Waals surface area contributed by atoms with Gasteiger partial charge in [-0.3, -0.25) is 4.79 Å². The van der Waals surface area contributed by atoms with Crippen molar-refractivity contribution in [2.24, 2.45) is 0 Å². The first-order valence-corrected chi connectivity index (χ1v) is 6.66. The second-order valence-electron chi connectivity index (χ2n) is 3.42. The number of alkyl halides is 1. The Morgan fingerprint density at radius 2 is 2.12 bits per heavy atom. The number of carbonyl (C=O) groups excluding carboxylic acids is 1. The van der Waals surface area contributed by atoms with E-state index in [1.54, 1.807) is 24.1 Å². The number of amides is 1. The minimum absolute atomic E-state index is 0.0860. The number of carbonyl (C=O) groups is 1. The van der Waals surface area contributed by atoms with Crippen molar-refractivity contribution < 1.29 is 4.79 Å². The van der Waals surface area contributed by atoms with E-state index in [1.165, 1.54) is 0 Å². The Labute approximate surface area is 114 Å². The molecule has 0 saturated heterocycles. The summed E-state index contributed by atoms with van der Waals surface area (Å²) in [7, 11) is 1.76. The molecule has 0 heterocycles. The summed E-state index contributed by atoms with van der Waals surface area (Å²) >= 11 is 15.1. The summed E-state index contributed by atoms with van der Waals surface area (Å²) in [4.78, 5) is 13.2. The van der Waals surface area contributed by atoms with Gasteiger partial charge in [-0.2, -0.15) is 0 Å². The highest BCUT2D eigenvalue weighted by atomic mass is 79.9. The van der Waals surface area contributed by atoms with Crippen molar-refractivity contribution in [1.29, 1.82) is 0 Å². The van der Waals surface area contributed by atoms with Crippen LogP contribution in [-0.4, -0.2) is 23.2 Å². The van der Waals surface area contributed by atoms with E-state index < -0.39 is 0 Å². The van der Waals surface area contributed by atoms with Crippen LogP contribution in [0.15, 0.2) is 18.2 Å². The molecule has 1 amide bonds. The molecule has 0 aromatic heterocycles. The van der Waals surface area contributed by atoms with Gasteiger partial charge in [-0.25, -0.2) is 0 Å². The molecule has 0 aliphatic heterocycles. The summed E-state index contributed by atoms with van der Waals surface area (Å²) < 4.78 is 0. The van der Waals surface area contributed by atoms with Crippen LogP contribution in [0.4, 0.5) is 0 Å². The highest BCUT2D eigenvalue weighted by Gasteiger charge is 2.10. The molecule has 0 unspecified atom stereocenters. The number of benzene rings is 1. The quantitative estimate of drug-likeness (QED) is 0.773. The van der Waals surface area contributed by atoms with Crippen molar-refractivity contribution in [3.8, 4) is 0 Å². The van der Waals surface area contributed by atoms with Crippen LogP contribution in [0.1, 0.15) is 12.0 Å². The number of hydrogen-bond acceptors (Lipinski definition) is 1. The van der Waals surface area contributed by atoms with Crippen molar-refractivity contribution in [2.75, 3.05) is 12.4 Å². The number of nitrogens with zero attached hydrogens (tertiary/aromatic N) is 1. The summed E-state index contributed by atoms with van der Waals surface area (Å²) in [5.41, 5.74) is 0.900. The third-order valence-corrected chi connectivity index (χ3v) is 3.14. The first-order valence-electron chi connectivity index (χ1n) is 4.78. The minimum atomic E-state index is 0.0860. The van der Waals surface area contributed by atoms with Crippen molar-refractivity contribution in [3.63, 3.8) is 0 Å². The SMILES string of the molecule is CN(Cc1ccc(Cl)cc1Cl)C(=O)CCBr. The Balaban J connectivity index is 2.69. The molecule has 2 nitrogen and oxygen atoms in total. The van der Waals surface area contributed by atoms with Crippen LogP contribution < -0.4 is 0 Å². The van der Waals surface area contributed by atoms with E-state index in [0.29, 0.717) is 28.3 Å². The van der Waals surface area contributed by atoms with Gasteiger partial charge in [-0.1, -0.05) is 45.2 Å². The summed E-state index contributed by atoms with van der Waals surface area (Å²) in [5, 5.41) is 1.86. The molecule has 16 heavy (non-hydrogen) atoms. The molecule has 88 valence electrons. The van der Waals surface area contributed by atoms with Crippen molar-refractivity contribution in [2.45, 2.75) is 13.0 Å². The van der Waals surface area contributed by atoms with E-state index in [4.69, 9.17) is 23.2 Å². The molecular formula is C11H12BrCl2NO. The molecule has 1 aromatic carbocycles. The van der Waals surface area contributed by atoms with Gasteiger partial charge < -0.3 is 4.90 Å². The Kier molecular flexibility index (Phi) is 5.59. The second kappa shape index (κ2) is 6.48. The normalized spacial score (nSPS) is 10.2. The Morgan fingerprint density at radius 1 is 1.44 bits per heavy atom. The standard InChI is InChI=1S/C11H12BrCl2NO/c1-15(11(16)4-5-12)7-8-2-3-9(13)6-10(8)14/h2-3,6H,4-5,7H2,1H3. The molecule has 0 N–H and O–H groups in total. The molecule has 0 aliphatic carbocycles. The van der Waals surface area contributed by atoms with Crippen LogP contribution >= 0.6 is 39.1 Å². The monoisotopic (exact) mass is 323 g/mol. The van der Waals surface area contributed by atoms with Crippen LogP contribution in [0, 0.1) is 0 Å². The molecule has 0 spiro atoms. The fraction of sp³-hybridized carbons (Fsp3) is 0.364. The zero-order valence-corrected chi connectivity index (χ0v) is 11.9. The van der Waals surface area contributed by atoms with E-state index in [-0.39, 0.29) is 5.91 Å². The van der Waals surface area contributed by atoms with E-state index in [1.807, 2.05) is 6.07 Å². The highest BCUT2D eigenvalue weighted by Crippen LogP contribution is 2.22. The molecule has 0 saturated carbocycles. The number of halogens is 3. The van der Waals surface area contributed by atoms with Crippen LogP contribution in [-0.2, 0) is 11.3 Å². The maximum absolute atomic E-state index is 11.6. The average Bonchev–Trinajstić information content (AvgIpc) is 2.22. The first-order chi connectivity index (χ1) is 7.54. The molecular weight excluding hydrogens is 313 g/mol. The average molecular weight is 325 g/mol. The van der Waals surface area contributed by atoms with Gasteiger partial charge in [-0.15, -0.1) is 0 Å². The molecule has 0 bridgehead atoms. The predicted molar refractivity (Wildman–Crippen MR) is 71.3 cm³/mol. The van der Waals surface area contributed by atoms with Gasteiger partial charge in [0.25, 0.3) is 0 Å². The van der Waals surface area contributed by atoms with E-state index in [0.717, 1.165) is 5.56 Å². The molecule has 0 aliphatic rings. The van der Waals surface area contributed by atoms with Gasteiger partial charge >= 0.3 is 0 Å². The van der Waals surface area contributed by atoms with Gasteiger partial charge in [0.1, 0.15) is 0 Å². The Bertz CT molecular complexity index is 384. The maximum atomic E-state index is 11.6. The lowest BCUT2D eigenvalue weighted by Gasteiger charge is -2.17. The summed E-state index contributed by atoms with van der Waals surface area (Å²) in [6, 6.07) is 5.29. The molecule has 1 rings (SSSR count). The molecule has 0 atom stereocenters. The van der Waals surface area contributed by atoms with Crippen molar-refractivity contribution in [3.05, 3.63) is 33.8 Å². The maximum Gasteiger partial charge on any atom is 0.223 e. The van der Waals surface area contributed by atoms with Gasteiger partial charge in [0, 0.05) is 35.4 Å². The van der Waals surface area contributed by atoms with Crippen LogP contribution in [0.5, 0.6) is 0 Å². The van der Waals surface area contributed by atoms with Gasteiger partial charge in [-0.05, 0) is 17.7 Å². The van der Waals surface area contributed by atoms with Crippen LogP contribution in [0.3, 0.4) is 0 Å². The molecule has 5 heteroatoms. The van der Waals surface area contributed by atoms with Gasteiger partial charge in [0.15, 0.2) is 0 Å². The molecule has 0 radical (unpaired) electrons. The number of rotatable bonds is 4. The highest BCUT2D eigenvalue weighted by molar-refractivity contribution is 9.09. The topological polar surface area (TPSA) is 20.3 Å². The van der Waals surface area contributed by atoms with Gasteiger partial charge in [0.2, 0.25) is 5.91 Å². The van der Waals surface area contributed by atoms with Crippen molar-refractivity contribution in [1.82, 2.24) is 4.90 Å². The van der Waals surface area contributed by atoms with E-state index in [2.05, 4.69) is 15.9 Å². The second-order valence-corrected chi connectivity index (χ2v) is 5.06. The minimum Gasteiger partial charge on any atom is -0.341 e. The lowest BCUT2D eigenvalue weighted by atomic mass is 10.2. The Morgan fingerprint density at radius 3 is 2.69 bits per heavy atom. The largest absolute Gasteiger partial charge is 0.341 e. The molecule has 0 fully saturated rings. The summed E-state index contributed by atoms with van der Waals surface area (Å²) in [6.07, 6.45) is 0.488. The van der Waals surface area contributed by atoms with Gasteiger partial charge in [0.05, 0.1) is 0 Å². The van der Waals surface area contributed by atoms with Crippen molar-refractivity contribution >= 4 is 45.0 Å². The zero-order chi connectivity index (χ0) is 12.1. The van der Waals surface area contributed by atoms with E-state index in [9.17, 15) is 4.79 Å². The number of hydrogen-bond donors (Lipinski definition) is 0. The third-order valence-electron chi connectivity index (χ3n) is 2.16. The van der Waals surface area contributed by atoms with E-state index >= 15 is 0 Å². The third kappa shape index (κ3) is 3.96. The summed E-state index contributed by atoms with van der Waals surface area (Å²) in [5.74, 6) is 0.0860. The van der Waals surface area contributed by atoms with Crippen LogP contribution in [0.2, 0.25) is 10.0 Å². The lowest BCUT2D eigenvalue weighted by Crippen LogP contribution is -2.26. The fourth-order valence-electron chi connectivity index (χ4n) is 1.27. The lowest BCUT2D eigenvalue weighted by molar-refractivity contribution is -0.129. The smallest absolute Gasteiger partial charge is 0.223 e. The zero-order valence-electron chi connectivity index (χ0n) is 8.84.